The highest BCUT2D eigenvalue weighted by Crippen LogP contribution is 2.17. The number of rotatable bonds is 61. The first-order valence-corrected chi connectivity index (χ1v) is 33.4. The summed E-state index contributed by atoms with van der Waals surface area (Å²) in [7, 11) is 0. The molecule has 0 rings (SSSR count). The molecule has 0 bridgehead atoms. The number of ether oxygens (including phenoxy) is 3. The summed E-state index contributed by atoms with van der Waals surface area (Å²) in [6.45, 7) is 6.50. The van der Waals surface area contributed by atoms with Crippen molar-refractivity contribution in [1.82, 2.24) is 0 Å². The number of allylic oxidation sites excluding steroid dienone is 12. The zero-order valence-electron chi connectivity index (χ0n) is 51.2. The van der Waals surface area contributed by atoms with E-state index in [1.54, 1.807) is 0 Å². The van der Waals surface area contributed by atoms with Gasteiger partial charge in [0.2, 0.25) is 0 Å². The van der Waals surface area contributed by atoms with Crippen molar-refractivity contribution in [2.75, 3.05) is 13.2 Å². The van der Waals surface area contributed by atoms with Crippen molar-refractivity contribution < 1.29 is 28.6 Å². The summed E-state index contributed by atoms with van der Waals surface area (Å²) >= 11 is 0. The van der Waals surface area contributed by atoms with Crippen LogP contribution in [0.4, 0.5) is 0 Å². The normalized spacial score (nSPS) is 12.5. The molecule has 77 heavy (non-hydrogen) atoms. The zero-order valence-corrected chi connectivity index (χ0v) is 51.2. The molecule has 0 saturated heterocycles. The molecule has 0 saturated carbocycles. The van der Waals surface area contributed by atoms with Crippen LogP contribution in [0.25, 0.3) is 0 Å². The average molecular weight is 1080 g/mol. The summed E-state index contributed by atoms with van der Waals surface area (Å²) in [6, 6.07) is 0. The molecule has 0 aromatic carbocycles. The smallest absolute Gasteiger partial charge is 0.306 e. The minimum atomic E-state index is -0.783. The van der Waals surface area contributed by atoms with Gasteiger partial charge in [-0.15, -0.1) is 0 Å². The van der Waals surface area contributed by atoms with Crippen molar-refractivity contribution in [2.24, 2.45) is 0 Å². The maximum Gasteiger partial charge on any atom is 0.306 e. The first-order valence-electron chi connectivity index (χ1n) is 33.4. The molecule has 1 atom stereocenters. The molecule has 446 valence electrons. The first-order chi connectivity index (χ1) is 38.0. The molecule has 6 nitrogen and oxygen atoms in total. The van der Waals surface area contributed by atoms with Gasteiger partial charge in [0, 0.05) is 19.3 Å². The van der Waals surface area contributed by atoms with Gasteiger partial charge in [-0.3, -0.25) is 14.4 Å². The molecular weight excluding hydrogens is 949 g/mol. The molecule has 0 aromatic rings. The van der Waals surface area contributed by atoms with E-state index in [2.05, 4.69) is 93.7 Å². The summed E-state index contributed by atoms with van der Waals surface area (Å²) in [4.78, 5) is 38.1. The van der Waals surface area contributed by atoms with E-state index in [1.807, 2.05) is 0 Å². The Kier molecular flexibility index (Phi) is 62.7. The molecule has 0 aliphatic carbocycles. The largest absolute Gasteiger partial charge is 0.462 e. The standard InChI is InChI=1S/C71H126O6/c1-4-7-10-13-16-18-20-22-24-26-28-30-31-32-33-34-35-36-37-38-39-41-42-44-46-48-50-52-55-58-61-64-70(73)76-67-68(66-75-69(72)63-60-57-54-15-12-9-6-3)77-71(74)65-62-59-56-53-51-49-47-45-43-40-29-27-25-23-21-19-17-14-11-8-5-2/h8,11,17,19,23,25-26,28-29,40,45,47,68H,4-7,9-10,12-16,18,20-22,24,27,30-39,41-44,46,48-67H2,1-3H3/b11-8-,19-17-,25-23-,28-26-,40-29-,47-45-. The lowest BCUT2D eigenvalue weighted by molar-refractivity contribution is -0.167. The molecule has 0 N–H and O–H groups in total. The molecule has 0 fully saturated rings. The Morgan fingerprint density at radius 2 is 0.506 bits per heavy atom. The predicted octanol–water partition coefficient (Wildman–Crippen LogP) is 22.9. The third-order valence-corrected chi connectivity index (χ3v) is 14.7. The highest BCUT2D eigenvalue weighted by atomic mass is 16.6. The summed E-state index contributed by atoms with van der Waals surface area (Å²) in [5.41, 5.74) is 0. The van der Waals surface area contributed by atoms with Gasteiger partial charge >= 0.3 is 17.9 Å². The fraction of sp³-hybridized carbons (Fsp3) is 0.789. The van der Waals surface area contributed by atoms with Crippen molar-refractivity contribution in [3.8, 4) is 0 Å². The lowest BCUT2D eigenvalue weighted by Crippen LogP contribution is -2.30. The number of unbranched alkanes of at least 4 members (excludes halogenated alkanes) is 38. The van der Waals surface area contributed by atoms with E-state index in [4.69, 9.17) is 14.2 Å². The predicted molar refractivity (Wildman–Crippen MR) is 335 cm³/mol. The average Bonchev–Trinajstić information content (AvgIpc) is 3.43. The van der Waals surface area contributed by atoms with Gasteiger partial charge in [-0.05, 0) is 89.9 Å². The number of hydrogen-bond donors (Lipinski definition) is 0. The van der Waals surface area contributed by atoms with Crippen molar-refractivity contribution in [3.05, 3.63) is 72.9 Å². The van der Waals surface area contributed by atoms with E-state index in [1.165, 1.54) is 193 Å². The highest BCUT2D eigenvalue weighted by molar-refractivity contribution is 5.71. The van der Waals surface area contributed by atoms with Gasteiger partial charge in [0.05, 0.1) is 0 Å². The van der Waals surface area contributed by atoms with Crippen molar-refractivity contribution in [2.45, 2.75) is 348 Å². The van der Waals surface area contributed by atoms with E-state index in [0.29, 0.717) is 19.3 Å². The Morgan fingerprint density at radius 3 is 0.805 bits per heavy atom. The fourth-order valence-corrected chi connectivity index (χ4v) is 9.70. The SMILES string of the molecule is CC/C=C\C/C=C\C/C=C\C/C=C\C/C=C\CCCCCCCC(=O)OC(COC(=O)CCCCCCCCC)COC(=O)CCCCCCCCCCCCCCCCCCCCC/C=C\CCCCCCCCCC. The van der Waals surface area contributed by atoms with Crippen LogP contribution in [-0.4, -0.2) is 37.2 Å². The maximum absolute atomic E-state index is 12.9. The molecule has 0 heterocycles. The molecule has 0 aliphatic rings. The highest BCUT2D eigenvalue weighted by Gasteiger charge is 2.19. The minimum Gasteiger partial charge on any atom is -0.462 e. The van der Waals surface area contributed by atoms with Gasteiger partial charge in [-0.2, -0.15) is 0 Å². The lowest BCUT2D eigenvalue weighted by atomic mass is 10.0. The Labute approximate surface area is 478 Å². The molecule has 0 aliphatic heterocycles. The van der Waals surface area contributed by atoms with E-state index in [9.17, 15) is 14.4 Å². The van der Waals surface area contributed by atoms with Gasteiger partial charge in [0.1, 0.15) is 13.2 Å². The molecule has 0 spiro atoms. The Morgan fingerprint density at radius 1 is 0.273 bits per heavy atom. The second-order valence-corrected chi connectivity index (χ2v) is 22.4. The van der Waals surface area contributed by atoms with Crippen LogP contribution >= 0.6 is 0 Å². The lowest BCUT2D eigenvalue weighted by Gasteiger charge is -2.18. The fourth-order valence-electron chi connectivity index (χ4n) is 9.70. The van der Waals surface area contributed by atoms with E-state index >= 15 is 0 Å². The summed E-state index contributed by atoms with van der Waals surface area (Å²) < 4.78 is 16.8. The minimum absolute atomic E-state index is 0.0802. The molecule has 0 amide bonds. The monoisotopic (exact) mass is 1070 g/mol. The third-order valence-electron chi connectivity index (χ3n) is 14.7. The van der Waals surface area contributed by atoms with Crippen molar-refractivity contribution in [1.29, 1.82) is 0 Å². The van der Waals surface area contributed by atoms with E-state index < -0.39 is 6.10 Å². The van der Waals surface area contributed by atoms with Crippen LogP contribution in [0.1, 0.15) is 342 Å². The van der Waals surface area contributed by atoms with Crippen LogP contribution in [0.15, 0.2) is 72.9 Å². The van der Waals surface area contributed by atoms with Gasteiger partial charge in [-0.25, -0.2) is 0 Å². The van der Waals surface area contributed by atoms with Gasteiger partial charge < -0.3 is 14.2 Å². The summed E-state index contributed by atoms with van der Waals surface area (Å²) in [5, 5.41) is 0. The molecular formula is C71H126O6. The molecule has 6 heteroatoms. The summed E-state index contributed by atoms with van der Waals surface area (Å²) in [5.74, 6) is -0.892. The Bertz CT molecular complexity index is 1420. The van der Waals surface area contributed by atoms with Crippen molar-refractivity contribution >= 4 is 17.9 Å². The molecule has 1 unspecified atom stereocenters. The second-order valence-electron chi connectivity index (χ2n) is 22.4. The van der Waals surface area contributed by atoms with Gasteiger partial charge in [0.25, 0.3) is 0 Å². The first kappa shape index (κ1) is 73.8. The van der Waals surface area contributed by atoms with Crippen molar-refractivity contribution in [3.63, 3.8) is 0 Å². The Balaban J connectivity index is 4.06. The summed E-state index contributed by atoms with van der Waals surface area (Å²) in [6.07, 6.45) is 85.3. The maximum atomic E-state index is 12.9. The third kappa shape index (κ3) is 63.6. The van der Waals surface area contributed by atoms with E-state index in [-0.39, 0.29) is 31.1 Å². The van der Waals surface area contributed by atoms with Crippen LogP contribution in [0.3, 0.4) is 0 Å². The molecule has 0 aromatic heterocycles. The van der Waals surface area contributed by atoms with Crippen LogP contribution in [-0.2, 0) is 28.6 Å². The Hall–Kier alpha value is -3.15. The van der Waals surface area contributed by atoms with Crippen LogP contribution in [0.5, 0.6) is 0 Å². The van der Waals surface area contributed by atoms with Crippen LogP contribution in [0.2, 0.25) is 0 Å². The molecule has 0 radical (unpaired) electrons. The number of esters is 3. The quantitative estimate of drug-likeness (QED) is 0.0261. The van der Waals surface area contributed by atoms with Gasteiger partial charge in [-0.1, -0.05) is 306 Å². The zero-order chi connectivity index (χ0) is 55.7. The van der Waals surface area contributed by atoms with Crippen LogP contribution in [0, 0.1) is 0 Å². The number of hydrogen-bond acceptors (Lipinski definition) is 6. The van der Waals surface area contributed by atoms with E-state index in [0.717, 1.165) is 109 Å². The number of carbonyl (C=O) groups is 3. The number of carbonyl (C=O) groups excluding carboxylic acids is 3. The van der Waals surface area contributed by atoms with Crippen LogP contribution < -0.4 is 0 Å². The second kappa shape index (κ2) is 65.4. The topological polar surface area (TPSA) is 78.9 Å². The van der Waals surface area contributed by atoms with Gasteiger partial charge in [0.15, 0.2) is 6.10 Å².